The number of nitrogens with zero attached hydrogens (tertiary/aromatic N) is 1. The van der Waals surface area contributed by atoms with Crippen molar-refractivity contribution in [3.05, 3.63) is 89.7 Å². The molecule has 0 fully saturated rings. The molecule has 27 heavy (non-hydrogen) atoms. The predicted octanol–water partition coefficient (Wildman–Crippen LogP) is 5.18. The Morgan fingerprint density at radius 2 is 1.33 bits per heavy atom. The number of ether oxygens (including phenoxy) is 1. The maximum atomic E-state index is 12.3. The van der Waals surface area contributed by atoms with E-state index in [1.54, 1.807) is 48.8 Å². The van der Waals surface area contributed by atoms with Crippen LogP contribution in [0.25, 0.3) is 0 Å². The molecule has 138 valence electrons. The molecule has 1 atom stereocenters. The monoisotopic (exact) mass is 361 g/mol. The molecular formula is C23H23NO3. The molecule has 0 saturated carbocycles. The van der Waals surface area contributed by atoms with Crippen LogP contribution < -0.4 is 4.74 Å². The first-order valence-corrected chi connectivity index (χ1v) is 8.85. The van der Waals surface area contributed by atoms with Crippen LogP contribution in [0.3, 0.4) is 0 Å². The number of rotatable bonds is 5. The number of aliphatic hydroxyl groups is 1. The van der Waals surface area contributed by atoms with Crippen LogP contribution in [0.15, 0.2) is 73.1 Å². The van der Waals surface area contributed by atoms with Crippen LogP contribution in [-0.2, 0) is 0 Å². The van der Waals surface area contributed by atoms with Crippen molar-refractivity contribution in [2.75, 3.05) is 0 Å². The summed E-state index contributed by atoms with van der Waals surface area (Å²) in [5.41, 5.74) is 1.83. The molecule has 3 rings (SSSR count). The Morgan fingerprint density at radius 3 is 1.85 bits per heavy atom. The summed E-state index contributed by atoms with van der Waals surface area (Å²) in [6, 6.07) is 18.0. The minimum absolute atomic E-state index is 0.100. The smallest absolute Gasteiger partial charge is 0.168 e. The first-order chi connectivity index (χ1) is 12.8. The van der Waals surface area contributed by atoms with Crippen LogP contribution in [0.2, 0.25) is 0 Å². The summed E-state index contributed by atoms with van der Waals surface area (Å²) in [6.07, 6.45) is 2.61. The minimum atomic E-state index is -0.704. The maximum absolute atomic E-state index is 12.3. The number of aromatic nitrogens is 1. The lowest BCUT2D eigenvalue weighted by Gasteiger charge is -2.16. The number of Topliss-reactive ketones (excluding diaryl/α,β-unsaturated/α-hetero) is 1. The first-order valence-electron chi connectivity index (χ1n) is 8.85. The van der Waals surface area contributed by atoms with Crippen LogP contribution in [0, 0.1) is 5.41 Å². The molecule has 0 bridgehead atoms. The van der Waals surface area contributed by atoms with E-state index in [1.807, 2.05) is 45.0 Å². The Labute approximate surface area is 159 Å². The Bertz CT molecular complexity index is 895. The third-order valence-electron chi connectivity index (χ3n) is 4.25. The molecule has 3 aromatic rings. The standard InChI is InChI=1S/C23H23NO3/c1-23(2,3)22(26)18-6-10-20(11-7-18)27-19-8-4-16(5-9-19)21(25)17-12-14-24-15-13-17/h4-15,21,25H,1-3H3. The van der Waals surface area contributed by atoms with Crippen molar-refractivity contribution in [1.29, 1.82) is 0 Å². The van der Waals surface area contributed by atoms with Gasteiger partial charge in [-0.25, -0.2) is 0 Å². The molecule has 0 amide bonds. The number of hydrogen-bond acceptors (Lipinski definition) is 4. The second-order valence-corrected chi connectivity index (χ2v) is 7.46. The molecule has 0 aliphatic carbocycles. The lowest BCUT2D eigenvalue weighted by atomic mass is 9.86. The highest BCUT2D eigenvalue weighted by atomic mass is 16.5. The van der Waals surface area contributed by atoms with Gasteiger partial charge in [-0.2, -0.15) is 0 Å². The van der Waals surface area contributed by atoms with E-state index in [-0.39, 0.29) is 5.78 Å². The van der Waals surface area contributed by atoms with Crippen molar-refractivity contribution in [3.63, 3.8) is 0 Å². The molecule has 2 aromatic carbocycles. The molecule has 0 aliphatic heterocycles. The van der Waals surface area contributed by atoms with Gasteiger partial charge in [0.1, 0.15) is 17.6 Å². The van der Waals surface area contributed by atoms with E-state index in [0.29, 0.717) is 17.1 Å². The van der Waals surface area contributed by atoms with E-state index in [9.17, 15) is 9.90 Å². The number of carbonyl (C=O) groups excluding carboxylic acids is 1. The van der Waals surface area contributed by atoms with E-state index in [4.69, 9.17) is 4.74 Å². The average Bonchev–Trinajstić information content (AvgIpc) is 2.68. The van der Waals surface area contributed by atoms with Crippen LogP contribution in [0.4, 0.5) is 0 Å². The number of carbonyl (C=O) groups is 1. The summed E-state index contributed by atoms with van der Waals surface area (Å²) in [5, 5.41) is 10.4. The zero-order valence-corrected chi connectivity index (χ0v) is 15.7. The SMILES string of the molecule is CC(C)(C)C(=O)c1ccc(Oc2ccc(C(O)c3ccncc3)cc2)cc1. The summed E-state index contributed by atoms with van der Waals surface area (Å²) < 4.78 is 5.84. The first kappa shape index (κ1) is 18.8. The summed E-state index contributed by atoms with van der Waals surface area (Å²) >= 11 is 0. The number of ketones is 1. The number of hydrogen-bond donors (Lipinski definition) is 1. The third kappa shape index (κ3) is 4.60. The fraction of sp³-hybridized carbons (Fsp3) is 0.217. The Morgan fingerprint density at radius 1 is 0.852 bits per heavy atom. The topological polar surface area (TPSA) is 59.4 Å². The number of benzene rings is 2. The largest absolute Gasteiger partial charge is 0.457 e. The van der Waals surface area contributed by atoms with E-state index >= 15 is 0 Å². The van der Waals surface area contributed by atoms with Gasteiger partial charge in [-0.15, -0.1) is 0 Å². The van der Waals surface area contributed by atoms with E-state index in [0.717, 1.165) is 11.1 Å². The van der Waals surface area contributed by atoms with Gasteiger partial charge in [0.2, 0.25) is 0 Å². The van der Waals surface area contributed by atoms with Crippen molar-refractivity contribution in [1.82, 2.24) is 4.98 Å². The number of aliphatic hydroxyl groups excluding tert-OH is 1. The van der Waals surface area contributed by atoms with Crippen LogP contribution in [-0.4, -0.2) is 15.9 Å². The summed E-state index contributed by atoms with van der Waals surface area (Å²) in [6.45, 7) is 5.71. The normalized spacial score (nSPS) is 12.4. The summed E-state index contributed by atoms with van der Waals surface area (Å²) in [4.78, 5) is 16.2. The highest BCUT2D eigenvalue weighted by Gasteiger charge is 2.22. The highest BCUT2D eigenvalue weighted by molar-refractivity contribution is 5.99. The molecular weight excluding hydrogens is 338 g/mol. The lowest BCUT2D eigenvalue weighted by Crippen LogP contribution is -2.19. The zero-order chi connectivity index (χ0) is 19.4. The number of pyridine rings is 1. The average molecular weight is 361 g/mol. The van der Waals surface area contributed by atoms with E-state index < -0.39 is 11.5 Å². The van der Waals surface area contributed by atoms with Gasteiger partial charge in [0.05, 0.1) is 0 Å². The van der Waals surface area contributed by atoms with Crippen molar-refractivity contribution >= 4 is 5.78 Å². The predicted molar refractivity (Wildman–Crippen MR) is 105 cm³/mol. The Hall–Kier alpha value is -2.98. The molecule has 1 aromatic heterocycles. The molecule has 1 heterocycles. The fourth-order valence-corrected chi connectivity index (χ4v) is 2.70. The third-order valence-corrected chi connectivity index (χ3v) is 4.25. The molecule has 0 saturated heterocycles. The maximum Gasteiger partial charge on any atom is 0.168 e. The van der Waals surface area contributed by atoms with Gasteiger partial charge < -0.3 is 9.84 Å². The summed E-state index contributed by atoms with van der Waals surface area (Å²) in [7, 11) is 0. The second kappa shape index (κ2) is 7.72. The minimum Gasteiger partial charge on any atom is -0.457 e. The van der Waals surface area contributed by atoms with Gasteiger partial charge in [-0.3, -0.25) is 9.78 Å². The highest BCUT2D eigenvalue weighted by Crippen LogP contribution is 2.27. The molecule has 0 aliphatic rings. The second-order valence-electron chi connectivity index (χ2n) is 7.46. The molecule has 4 heteroatoms. The van der Waals surface area contributed by atoms with Gasteiger partial charge in [-0.1, -0.05) is 32.9 Å². The molecule has 0 spiro atoms. The molecule has 1 unspecified atom stereocenters. The molecule has 1 N–H and O–H groups in total. The molecule has 4 nitrogen and oxygen atoms in total. The van der Waals surface area contributed by atoms with Crippen molar-refractivity contribution in [3.8, 4) is 11.5 Å². The van der Waals surface area contributed by atoms with Gasteiger partial charge in [0, 0.05) is 23.4 Å². The van der Waals surface area contributed by atoms with E-state index in [1.165, 1.54) is 0 Å². The van der Waals surface area contributed by atoms with Crippen molar-refractivity contribution in [2.24, 2.45) is 5.41 Å². The quantitative estimate of drug-likeness (QED) is 0.636. The Balaban J connectivity index is 1.69. The zero-order valence-electron chi connectivity index (χ0n) is 15.7. The van der Waals surface area contributed by atoms with Gasteiger partial charge in [0.15, 0.2) is 5.78 Å². The Kier molecular flexibility index (Phi) is 5.38. The van der Waals surface area contributed by atoms with Crippen molar-refractivity contribution < 1.29 is 14.6 Å². The van der Waals surface area contributed by atoms with Crippen molar-refractivity contribution in [2.45, 2.75) is 26.9 Å². The summed E-state index contributed by atoms with van der Waals surface area (Å²) in [5.74, 6) is 1.42. The van der Waals surface area contributed by atoms with Crippen LogP contribution >= 0.6 is 0 Å². The van der Waals surface area contributed by atoms with Gasteiger partial charge in [0.25, 0.3) is 0 Å². The van der Waals surface area contributed by atoms with Crippen LogP contribution in [0.1, 0.15) is 48.4 Å². The van der Waals surface area contributed by atoms with Gasteiger partial charge in [-0.05, 0) is 59.7 Å². The van der Waals surface area contributed by atoms with Gasteiger partial charge >= 0.3 is 0 Å². The molecule has 0 radical (unpaired) electrons. The fourth-order valence-electron chi connectivity index (χ4n) is 2.70. The van der Waals surface area contributed by atoms with E-state index in [2.05, 4.69) is 4.98 Å². The van der Waals surface area contributed by atoms with Crippen LogP contribution in [0.5, 0.6) is 11.5 Å². The lowest BCUT2D eigenvalue weighted by molar-refractivity contribution is 0.0858.